The fraction of sp³-hybridized carbons (Fsp3) is 0.688. The molecule has 0 unspecified atom stereocenters. The van der Waals surface area contributed by atoms with Crippen molar-refractivity contribution in [3.8, 4) is 0 Å². The van der Waals surface area contributed by atoms with Crippen LogP contribution in [0.3, 0.4) is 0 Å². The Morgan fingerprint density at radius 1 is 1.39 bits per heavy atom. The molecule has 2 aliphatic heterocycles. The summed E-state index contributed by atoms with van der Waals surface area (Å²) in [6, 6.07) is -0.658. The minimum Gasteiger partial charge on any atom is -0.480 e. The fourth-order valence-electron chi connectivity index (χ4n) is 3.86. The van der Waals surface area contributed by atoms with E-state index in [1.807, 2.05) is 6.20 Å². The third-order valence-electron chi connectivity index (χ3n) is 5.19. The molecule has 0 radical (unpaired) electrons. The number of aromatic nitrogens is 2. The zero-order chi connectivity index (χ0) is 16.3. The van der Waals surface area contributed by atoms with Gasteiger partial charge < -0.3 is 15.3 Å². The van der Waals surface area contributed by atoms with E-state index in [0.29, 0.717) is 19.4 Å². The molecule has 1 aromatic rings. The fourth-order valence-corrected chi connectivity index (χ4v) is 3.86. The highest BCUT2D eigenvalue weighted by Crippen LogP contribution is 2.42. The second-order valence-corrected chi connectivity index (χ2v) is 6.79. The molecule has 0 aliphatic carbocycles. The number of rotatable bonds is 5. The summed E-state index contributed by atoms with van der Waals surface area (Å²) in [6.45, 7) is 2.42. The molecule has 3 rings (SSSR count). The molecule has 1 atom stereocenters. The largest absolute Gasteiger partial charge is 0.480 e. The topological polar surface area (TPSA) is 98.3 Å². The predicted molar refractivity (Wildman–Crippen MR) is 83.8 cm³/mol. The van der Waals surface area contributed by atoms with Gasteiger partial charge in [0.2, 0.25) is 5.91 Å². The van der Waals surface area contributed by atoms with Crippen LogP contribution in [0.4, 0.5) is 0 Å². The van der Waals surface area contributed by atoms with Crippen LogP contribution >= 0.6 is 0 Å². The molecule has 3 N–H and O–H groups in total. The maximum atomic E-state index is 12.5. The SMILES string of the molecule is O=C(O)[C@@H]1CC2(CCNCC2)CN1C(=O)CCCc1cn[nH]c1. The third-order valence-corrected chi connectivity index (χ3v) is 5.19. The second kappa shape index (κ2) is 6.70. The average molecular weight is 320 g/mol. The lowest BCUT2D eigenvalue weighted by Gasteiger charge is -2.33. The number of carboxylic acid groups (broad SMARTS) is 1. The van der Waals surface area contributed by atoms with E-state index in [1.54, 1.807) is 11.1 Å². The van der Waals surface area contributed by atoms with Gasteiger partial charge in [-0.2, -0.15) is 5.10 Å². The van der Waals surface area contributed by atoms with Crippen LogP contribution in [-0.2, 0) is 16.0 Å². The van der Waals surface area contributed by atoms with Crippen molar-refractivity contribution in [2.24, 2.45) is 5.41 Å². The van der Waals surface area contributed by atoms with E-state index in [4.69, 9.17) is 0 Å². The van der Waals surface area contributed by atoms with Gasteiger partial charge in [-0.05, 0) is 56.2 Å². The molecule has 7 nitrogen and oxygen atoms in total. The number of nitrogens with zero attached hydrogens (tertiary/aromatic N) is 2. The Kier molecular flexibility index (Phi) is 4.66. The van der Waals surface area contributed by atoms with E-state index >= 15 is 0 Å². The summed E-state index contributed by atoms with van der Waals surface area (Å²) in [7, 11) is 0. The molecule has 3 heterocycles. The van der Waals surface area contributed by atoms with Crippen LogP contribution in [-0.4, -0.2) is 57.8 Å². The Labute approximate surface area is 135 Å². The van der Waals surface area contributed by atoms with Gasteiger partial charge in [0.1, 0.15) is 6.04 Å². The maximum Gasteiger partial charge on any atom is 0.326 e. The van der Waals surface area contributed by atoms with Gasteiger partial charge >= 0.3 is 5.97 Å². The van der Waals surface area contributed by atoms with Gasteiger partial charge in [-0.25, -0.2) is 4.79 Å². The van der Waals surface area contributed by atoms with E-state index in [0.717, 1.165) is 44.3 Å². The van der Waals surface area contributed by atoms with Crippen LogP contribution < -0.4 is 5.32 Å². The number of aromatic amines is 1. The summed E-state index contributed by atoms with van der Waals surface area (Å²) < 4.78 is 0. The highest BCUT2D eigenvalue weighted by Gasteiger charge is 2.48. The van der Waals surface area contributed by atoms with Crippen molar-refractivity contribution in [3.63, 3.8) is 0 Å². The number of aliphatic carboxylic acids is 1. The van der Waals surface area contributed by atoms with Gasteiger partial charge in [-0.15, -0.1) is 0 Å². The number of nitrogens with one attached hydrogen (secondary N) is 2. The number of carbonyl (C=O) groups is 2. The molecule has 0 bridgehead atoms. The number of H-pyrrole nitrogens is 1. The van der Waals surface area contributed by atoms with E-state index in [9.17, 15) is 14.7 Å². The highest BCUT2D eigenvalue weighted by molar-refractivity contribution is 5.84. The van der Waals surface area contributed by atoms with E-state index in [1.165, 1.54) is 0 Å². The number of likely N-dealkylation sites (tertiary alicyclic amines) is 1. The summed E-state index contributed by atoms with van der Waals surface area (Å²) in [4.78, 5) is 25.7. The average Bonchev–Trinajstić information content (AvgIpc) is 3.16. The van der Waals surface area contributed by atoms with E-state index < -0.39 is 12.0 Å². The van der Waals surface area contributed by atoms with Gasteiger partial charge in [0.15, 0.2) is 0 Å². The lowest BCUT2D eigenvalue weighted by Crippen LogP contribution is -2.41. The number of aryl methyl sites for hydroxylation is 1. The number of carbonyl (C=O) groups excluding carboxylic acids is 1. The molecule has 2 fully saturated rings. The van der Waals surface area contributed by atoms with Crippen LogP contribution in [0.1, 0.15) is 37.7 Å². The molecular formula is C16H24N4O3. The first kappa shape index (κ1) is 16.0. The van der Waals surface area contributed by atoms with Gasteiger partial charge in [0.05, 0.1) is 6.20 Å². The Bertz CT molecular complexity index is 552. The summed E-state index contributed by atoms with van der Waals surface area (Å²) in [5.41, 5.74) is 1.07. The predicted octanol–water partition coefficient (Wildman–Crippen LogP) is 0.788. The Hall–Kier alpha value is -1.89. The van der Waals surface area contributed by atoms with E-state index in [-0.39, 0.29) is 11.3 Å². The van der Waals surface area contributed by atoms with Crippen molar-refractivity contribution in [1.82, 2.24) is 20.4 Å². The molecule has 1 amide bonds. The van der Waals surface area contributed by atoms with E-state index in [2.05, 4.69) is 15.5 Å². The van der Waals surface area contributed by atoms with Crippen molar-refractivity contribution < 1.29 is 14.7 Å². The molecule has 2 saturated heterocycles. The van der Waals surface area contributed by atoms with Crippen LogP contribution in [0, 0.1) is 5.41 Å². The van der Waals surface area contributed by atoms with Crippen molar-refractivity contribution in [2.45, 2.75) is 44.6 Å². The maximum absolute atomic E-state index is 12.5. The first-order valence-electron chi connectivity index (χ1n) is 8.30. The van der Waals surface area contributed by atoms with Crippen molar-refractivity contribution in [3.05, 3.63) is 18.0 Å². The summed E-state index contributed by atoms with van der Waals surface area (Å²) >= 11 is 0. The minimum absolute atomic E-state index is 0.00543. The van der Waals surface area contributed by atoms with Crippen LogP contribution in [0.5, 0.6) is 0 Å². The highest BCUT2D eigenvalue weighted by atomic mass is 16.4. The molecule has 0 aromatic carbocycles. The molecular weight excluding hydrogens is 296 g/mol. The molecule has 1 spiro atoms. The van der Waals surface area contributed by atoms with Gasteiger partial charge in [-0.1, -0.05) is 0 Å². The first-order chi connectivity index (χ1) is 11.1. The van der Waals surface area contributed by atoms with Gasteiger partial charge in [0, 0.05) is 19.2 Å². The number of piperidine rings is 1. The van der Waals surface area contributed by atoms with Crippen molar-refractivity contribution in [2.75, 3.05) is 19.6 Å². The number of hydrogen-bond donors (Lipinski definition) is 3. The Morgan fingerprint density at radius 3 is 2.83 bits per heavy atom. The molecule has 1 aromatic heterocycles. The minimum atomic E-state index is -0.872. The standard InChI is InChI=1S/C16H24N4O3/c21-14(3-1-2-12-9-18-19-10-12)20-11-16(4-6-17-7-5-16)8-13(20)15(22)23/h9-10,13,17H,1-8,11H2,(H,18,19)(H,22,23)/t13-/m0/s1. The molecule has 23 heavy (non-hydrogen) atoms. The Morgan fingerprint density at radius 2 is 2.17 bits per heavy atom. The second-order valence-electron chi connectivity index (χ2n) is 6.79. The van der Waals surface area contributed by atoms with Crippen LogP contribution in [0.2, 0.25) is 0 Å². The summed E-state index contributed by atoms with van der Waals surface area (Å²) in [6.07, 6.45) is 7.97. The monoisotopic (exact) mass is 320 g/mol. The zero-order valence-electron chi connectivity index (χ0n) is 13.3. The van der Waals surface area contributed by atoms with Crippen molar-refractivity contribution in [1.29, 1.82) is 0 Å². The lowest BCUT2D eigenvalue weighted by atomic mass is 9.77. The number of hydrogen-bond acceptors (Lipinski definition) is 4. The quantitative estimate of drug-likeness (QED) is 0.745. The molecule has 2 aliphatic rings. The van der Waals surface area contributed by atoms with Crippen molar-refractivity contribution >= 4 is 11.9 Å². The Balaban J connectivity index is 1.59. The third kappa shape index (κ3) is 3.55. The van der Waals surface area contributed by atoms with Gasteiger partial charge in [-0.3, -0.25) is 9.89 Å². The number of amides is 1. The number of carboxylic acids is 1. The lowest BCUT2D eigenvalue weighted by molar-refractivity contribution is -0.148. The molecule has 0 saturated carbocycles. The smallest absolute Gasteiger partial charge is 0.326 e. The zero-order valence-corrected chi connectivity index (χ0v) is 13.3. The normalized spacial score (nSPS) is 23.3. The summed E-state index contributed by atoms with van der Waals surface area (Å²) in [5.74, 6) is -0.903. The molecule has 7 heteroatoms. The van der Waals surface area contributed by atoms with Crippen LogP contribution in [0.25, 0.3) is 0 Å². The van der Waals surface area contributed by atoms with Crippen LogP contribution in [0.15, 0.2) is 12.4 Å². The van der Waals surface area contributed by atoms with Gasteiger partial charge in [0.25, 0.3) is 0 Å². The molecule has 126 valence electrons. The summed E-state index contributed by atoms with van der Waals surface area (Å²) in [5, 5.41) is 19.5. The first-order valence-corrected chi connectivity index (χ1v) is 8.30.